The minimum atomic E-state index is 0.517. The molecule has 0 aromatic rings. The van der Waals surface area contributed by atoms with Gasteiger partial charge in [-0.15, -0.1) is 0 Å². The van der Waals surface area contributed by atoms with Crippen LogP contribution in [0.15, 0.2) is 0 Å². The van der Waals surface area contributed by atoms with Crippen LogP contribution in [-0.4, -0.2) is 0 Å². The molecular formula is C81H162. The van der Waals surface area contributed by atoms with Crippen molar-refractivity contribution in [3.8, 4) is 0 Å². The molecule has 0 atom stereocenters. The van der Waals surface area contributed by atoms with Crippen LogP contribution < -0.4 is 0 Å². The summed E-state index contributed by atoms with van der Waals surface area (Å²) in [5.41, 5.74) is 5.88. The normalized spacial score (nSPS) is 26.2. The Hall–Kier alpha value is 0. The fourth-order valence-corrected chi connectivity index (χ4v) is 15.3. The molecule has 0 aliphatic heterocycles. The molecule has 8 aliphatic carbocycles. The van der Waals surface area contributed by atoms with E-state index in [4.69, 9.17) is 0 Å². The lowest BCUT2D eigenvalue weighted by molar-refractivity contribution is 0.117. The highest BCUT2D eigenvalue weighted by atomic mass is 14.4. The van der Waals surface area contributed by atoms with Gasteiger partial charge in [-0.3, -0.25) is 0 Å². The molecule has 0 heteroatoms. The van der Waals surface area contributed by atoms with E-state index in [9.17, 15) is 0 Å². The van der Waals surface area contributed by atoms with E-state index in [1.807, 2.05) is 0 Å². The fourth-order valence-electron chi connectivity index (χ4n) is 15.3. The highest BCUT2D eigenvalue weighted by Crippen LogP contribution is 2.50. The maximum Gasteiger partial charge on any atom is -0.0277 e. The number of hydrogen-bond acceptors (Lipinski definition) is 0. The monoisotopic (exact) mass is 1140 g/mol. The minimum Gasteiger partial charge on any atom is -0.0649 e. The summed E-state index contributed by atoms with van der Waals surface area (Å²) in [7, 11) is 0. The summed E-state index contributed by atoms with van der Waals surface area (Å²) >= 11 is 0. The minimum absolute atomic E-state index is 0.517. The predicted molar refractivity (Wildman–Crippen MR) is 373 cm³/mol. The van der Waals surface area contributed by atoms with Crippen LogP contribution in [0.1, 0.15) is 465 Å². The van der Waals surface area contributed by atoms with Gasteiger partial charge in [0, 0.05) is 0 Å². The summed E-state index contributed by atoms with van der Waals surface area (Å²) in [6, 6.07) is 0. The van der Waals surface area contributed by atoms with Crippen molar-refractivity contribution in [2.45, 2.75) is 465 Å². The fraction of sp³-hybridized carbons (Fsp3) is 1.00. The molecule has 8 aliphatic rings. The first kappa shape index (κ1) is 79.0. The average Bonchev–Trinajstić information content (AvgIpc) is 4.15. The zero-order chi connectivity index (χ0) is 60.8. The molecule has 0 unspecified atom stereocenters. The lowest BCUT2D eigenvalue weighted by Crippen LogP contribution is -2.29. The van der Waals surface area contributed by atoms with E-state index in [2.05, 4.69) is 132 Å². The van der Waals surface area contributed by atoms with E-state index in [-0.39, 0.29) is 0 Å². The standard InChI is InChI=1S/C14H28.C12H24.2C10H20.3C9H18.C8H16/c1-14(2)12-10-8-6-4-3-5-7-9-11-13-14;1-12(2)10-8-6-4-3-5-7-9-11-12;1-9(2,3)10(4)7-5-6-8-10;1-10(2)8-6-4-3-5-7-9-10;1-8(2)9(3)6-4-5-7-9;1-9(2)7-5-3-4-6-8-9;1-3-9(2)7-5-4-6-8-9;1-3-8(2)6-4-5-7-8/h3-13H2,1-2H3;3-11H2,1-2H3;5-8H2,1-4H3;3-9H2,1-2H3;8H,4-7H2,1-3H3;2*3-8H2,1-2H3;3-7H2,1-2H3. The summed E-state index contributed by atoms with van der Waals surface area (Å²) in [4.78, 5) is 0. The van der Waals surface area contributed by atoms with Crippen molar-refractivity contribution >= 4 is 0 Å². The first-order valence-corrected chi connectivity index (χ1v) is 38.0. The predicted octanol–water partition coefficient (Wildman–Crippen LogP) is 30.2. The van der Waals surface area contributed by atoms with Gasteiger partial charge in [-0.1, -0.05) is 363 Å². The Balaban J connectivity index is 0.000000465. The van der Waals surface area contributed by atoms with Gasteiger partial charge in [0.1, 0.15) is 0 Å². The van der Waals surface area contributed by atoms with E-state index in [1.165, 1.54) is 334 Å². The Morgan fingerprint density at radius 3 is 0.556 bits per heavy atom. The topological polar surface area (TPSA) is 0 Å². The van der Waals surface area contributed by atoms with E-state index < -0.39 is 0 Å². The summed E-state index contributed by atoms with van der Waals surface area (Å²) in [6.45, 7) is 45.6. The highest BCUT2D eigenvalue weighted by Gasteiger charge is 2.39. The molecule has 8 rings (SSSR count). The Bertz CT molecular complexity index is 1370. The average molecular weight is 1140 g/mol. The van der Waals surface area contributed by atoms with Crippen LogP contribution in [0.2, 0.25) is 0 Å². The molecule has 0 bridgehead atoms. The third-order valence-corrected chi connectivity index (χ3v) is 24.3. The van der Waals surface area contributed by atoms with Crippen LogP contribution in [0.5, 0.6) is 0 Å². The van der Waals surface area contributed by atoms with Gasteiger partial charge < -0.3 is 0 Å². The van der Waals surface area contributed by atoms with E-state index in [0.29, 0.717) is 37.9 Å². The van der Waals surface area contributed by atoms with Gasteiger partial charge in [0.2, 0.25) is 0 Å². The lowest BCUT2D eigenvalue weighted by atomic mass is 9.67. The Kier molecular flexibility index (Phi) is 41.0. The van der Waals surface area contributed by atoms with Crippen molar-refractivity contribution in [1.29, 1.82) is 0 Å². The molecule has 8 saturated carbocycles. The van der Waals surface area contributed by atoms with Crippen molar-refractivity contribution in [2.24, 2.45) is 54.7 Å². The van der Waals surface area contributed by atoms with Gasteiger partial charge >= 0.3 is 0 Å². The largest absolute Gasteiger partial charge is 0.0649 e. The van der Waals surface area contributed by atoms with Gasteiger partial charge in [0.05, 0.1) is 0 Å². The maximum absolute atomic E-state index is 2.46. The van der Waals surface area contributed by atoms with Crippen LogP contribution in [-0.2, 0) is 0 Å². The summed E-state index contributed by atoms with van der Waals surface area (Å²) in [5, 5.41) is 0. The number of rotatable bonds is 3. The quantitative estimate of drug-likeness (QED) is 0.247. The van der Waals surface area contributed by atoms with Crippen LogP contribution >= 0.6 is 0 Å². The second-order valence-corrected chi connectivity index (χ2v) is 35.6. The molecule has 0 saturated heterocycles. The van der Waals surface area contributed by atoms with Crippen LogP contribution in [0, 0.1) is 54.7 Å². The highest BCUT2D eigenvalue weighted by molar-refractivity contribution is 4.90. The van der Waals surface area contributed by atoms with Crippen molar-refractivity contribution < 1.29 is 0 Å². The van der Waals surface area contributed by atoms with Crippen LogP contribution in [0.3, 0.4) is 0 Å². The van der Waals surface area contributed by atoms with Gasteiger partial charge in [-0.05, 0) is 157 Å². The smallest absolute Gasteiger partial charge is 0.0277 e. The lowest BCUT2D eigenvalue weighted by Gasteiger charge is -2.38. The molecule has 0 heterocycles. The zero-order valence-corrected chi connectivity index (χ0v) is 60.8. The van der Waals surface area contributed by atoms with Gasteiger partial charge in [-0.2, -0.15) is 0 Å². The molecule has 0 aromatic carbocycles. The van der Waals surface area contributed by atoms with Crippen molar-refractivity contribution in [3.63, 3.8) is 0 Å². The Labute approximate surface area is 517 Å². The molecule has 81 heavy (non-hydrogen) atoms. The summed E-state index contributed by atoms with van der Waals surface area (Å²) in [5.74, 6) is 0.889. The first-order valence-electron chi connectivity index (χ1n) is 38.0. The molecule has 0 radical (unpaired) electrons. The molecule has 486 valence electrons. The van der Waals surface area contributed by atoms with E-state index in [0.717, 1.165) is 16.7 Å². The molecule has 0 amide bonds. The van der Waals surface area contributed by atoms with Crippen LogP contribution in [0.4, 0.5) is 0 Å². The van der Waals surface area contributed by atoms with Gasteiger partial charge in [-0.25, -0.2) is 0 Å². The molecule has 8 fully saturated rings. The van der Waals surface area contributed by atoms with Crippen molar-refractivity contribution in [1.82, 2.24) is 0 Å². The van der Waals surface area contributed by atoms with Crippen LogP contribution in [0.25, 0.3) is 0 Å². The molecular weight excluding hydrogens is 973 g/mol. The maximum atomic E-state index is 2.46. The molecule has 0 nitrogen and oxygen atoms in total. The number of hydrogen-bond donors (Lipinski definition) is 0. The van der Waals surface area contributed by atoms with Crippen molar-refractivity contribution in [2.75, 3.05) is 0 Å². The van der Waals surface area contributed by atoms with Crippen molar-refractivity contribution in [3.05, 3.63) is 0 Å². The second-order valence-electron chi connectivity index (χ2n) is 35.6. The Morgan fingerprint density at radius 1 is 0.235 bits per heavy atom. The third-order valence-electron chi connectivity index (χ3n) is 24.3. The molecule has 0 N–H and O–H groups in total. The molecule has 0 spiro atoms. The first-order chi connectivity index (χ1) is 38.0. The summed E-state index contributed by atoms with van der Waals surface area (Å²) < 4.78 is 0. The molecule has 0 aromatic heterocycles. The van der Waals surface area contributed by atoms with Gasteiger partial charge in [0.25, 0.3) is 0 Å². The third kappa shape index (κ3) is 39.5. The SMILES string of the molecule is CC(C)(C)C1(C)CCCC1.CC(C)C1(C)CCCC1.CC1(C)CCCCCC1.CC1(C)CCCCCCC1.CC1(C)CCCCCCCCC1.CC1(C)CCCCCCCCCCC1.CCC1(C)CCCC1.CCC1(C)CCCCC1. The Morgan fingerprint density at radius 2 is 0.395 bits per heavy atom. The van der Waals surface area contributed by atoms with E-state index in [1.54, 1.807) is 0 Å². The zero-order valence-electron chi connectivity index (χ0n) is 60.8. The second kappa shape index (κ2) is 42.0. The van der Waals surface area contributed by atoms with Gasteiger partial charge in [0.15, 0.2) is 0 Å². The van der Waals surface area contributed by atoms with E-state index >= 15 is 0 Å². The summed E-state index contributed by atoms with van der Waals surface area (Å²) in [6.07, 6.45) is 76.2.